The van der Waals surface area contributed by atoms with Crippen LogP contribution >= 0.6 is 23.4 Å². The van der Waals surface area contributed by atoms with Gasteiger partial charge in [0.2, 0.25) is 0 Å². The summed E-state index contributed by atoms with van der Waals surface area (Å²) in [5, 5.41) is 0.137. The first-order chi connectivity index (χ1) is 7.18. The molecule has 2 rings (SSSR count). The second kappa shape index (κ2) is 4.49. The average Bonchev–Trinajstić information content (AvgIpc) is 2.25. The minimum Gasteiger partial charge on any atom is -0.397 e. The zero-order chi connectivity index (χ0) is 10.8. The molecule has 0 spiro atoms. The van der Waals surface area contributed by atoms with Gasteiger partial charge in [0.25, 0.3) is 0 Å². The predicted octanol–water partition coefficient (Wildman–Crippen LogP) is 2.61. The molecule has 0 amide bonds. The van der Waals surface area contributed by atoms with Gasteiger partial charge in [0.1, 0.15) is 5.82 Å². The number of nitrogens with zero attached hydrogens (tertiary/aromatic N) is 1. The SMILES string of the molecule is Nc1cc(F)c(Cl)cc1N1CCSCC1. The maximum atomic E-state index is 13.1. The average molecular weight is 247 g/mol. The Bertz CT molecular complexity index is 367. The Balaban J connectivity index is 2.30. The fourth-order valence-electron chi connectivity index (χ4n) is 1.63. The number of rotatable bonds is 1. The fraction of sp³-hybridized carbons (Fsp3) is 0.400. The van der Waals surface area contributed by atoms with Gasteiger partial charge in [0, 0.05) is 30.7 Å². The van der Waals surface area contributed by atoms with Crippen LogP contribution in [-0.4, -0.2) is 24.6 Å². The number of hydrogen-bond acceptors (Lipinski definition) is 3. The summed E-state index contributed by atoms with van der Waals surface area (Å²) in [5.74, 6) is 1.70. The maximum Gasteiger partial charge on any atom is 0.143 e. The molecule has 1 heterocycles. The van der Waals surface area contributed by atoms with Gasteiger partial charge < -0.3 is 10.6 Å². The van der Waals surface area contributed by atoms with Crippen LogP contribution in [-0.2, 0) is 0 Å². The summed E-state index contributed by atoms with van der Waals surface area (Å²) in [6.07, 6.45) is 0. The van der Waals surface area contributed by atoms with Crippen molar-refractivity contribution in [3.05, 3.63) is 23.0 Å². The maximum absolute atomic E-state index is 13.1. The lowest BCUT2D eigenvalue weighted by molar-refractivity contribution is 0.628. The van der Waals surface area contributed by atoms with Crippen LogP contribution in [0.15, 0.2) is 12.1 Å². The lowest BCUT2D eigenvalue weighted by Gasteiger charge is -2.29. The van der Waals surface area contributed by atoms with Crippen molar-refractivity contribution in [2.75, 3.05) is 35.2 Å². The Labute approximate surface area is 97.6 Å². The van der Waals surface area contributed by atoms with E-state index in [1.807, 2.05) is 11.8 Å². The molecule has 82 valence electrons. The second-order valence-corrected chi connectivity index (χ2v) is 5.06. The highest BCUT2D eigenvalue weighted by Crippen LogP contribution is 2.30. The van der Waals surface area contributed by atoms with Gasteiger partial charge in [-0.15, -0.1) is 0 Å². The van der Waals surface area contributed by atoms with Crippen molar-refractivity contribution in [3.63, 3.8) is 0 Å². The number of halogens is 2. The fourth-order valence-corrected chi connectivity index (χ4v) is 2.69. The van der Waals surface area contributed by atoms with Gasteiger partial charge in [-0.2, -0.15) is 11.8 Å². The molecule has 1 aromatic rings. The largest absolute Gasteiger partial charge is 0.397 e. The molecule has 2 N–H and O–H groups in total. The summed E-state index contributed by atoms with van der Waals surface area (Å²) in [6, 6.07) is 2.90. The Morgan fingerprint density at radius 3 is 2.67 bits per heavy atom. The second-order valence-electron chi connectivity index (χ2n) is 3.42. The van der Waals surface area contributed by atoms with Crippen molar-refractivity contribution < 1.29 is 4.39 Å². The third kappa shape index (κ3) is 2.32. The highest BCUT2D eigenvalue weighted by atomic mass is 35.5. The van der Waals surface area contributed by atoms with Gasteiger partial charge in [0.15, 0.2) is 0 Å². The van der Waals surface area contributed by atoms with E-state index in [1.54, 1.807) is 6.07 Å². The normalized spacial score (nSPS) is 16.8. The first-order valence-corrected chi connectivity index (χ1v) is 6.29. The first-order valence-electron chi connectivity index (χ1n) is 4.75. The number of nitrogens with two attached hydrogens (primary N) is 1. The topological polar surface area (TPSA) is 29.3 Å². The third-order valence-corrected chi connectivity index (χ3v) is 3.65. The summed E-state index contributed by atoms with van der Waals surface area (Å²) in [4.78, 5) is 2.15. The number of nitrogen functional groups attached to an aromatic ring is 1. The molecule has 0 aliphatic carbocycles. The minimum absolute atomic E-state index is 0.137. The Hall–Kier alpha value is -0.610. The van der Waals surface area contributed by atoms with Crippen LogP contribution in [0.4, 0.5) is 15.8 Å². The predicted molar refractivity (Wildman–Crippen MR) is 65.4 cm³/mol. The quantitative estimate of drug-likeness (QED) is 0.773. The number of hydrogen-bond donors (Lipinski definition) is 1. The lowest BCUT2D eigenvalue weighted by atomic mass is 10.2. The number of anilines is 2. The molecule has 1 fully saturated rings. The summed E-state index contributed by atoms with van der Waals surface area (Å²) in [6.45, 7) is 1.88. The summed E-state index contributed by atoms with van der Waals surface area (Å²) < 4.78 is 13.1. The minimum atomic E-state index is -0.454. The van der Waals surface area contributed by atoms with Gasteiger partial charge in [-0.3, -0.25) is 0 Å². The van der Waals surface area contributed by atoms with Gasteiger partial charge in [-0.05, 0) is 6.07 Å². The molecule has 2 nitrogen and oxygen atoms in total. The number of benzene rings is 1. The highest BCUT2D eigenvalue weighted by Gasteiger charge is 2.15. The molecule has 1 aliphatic rings. The van der Waals surface area contributed by atoms with Crippen molar-refractivity contribution in [2.24, 2.45) is 0 Å². The molecule has 0 unspecified atom stereocenters. The van der Waals surface area contributed by atoms with E-state index in [1.165, 1.54) is 6.07 Å². The molecular formula is C10H12ClFN2S. The smallest absolute Gasteiger partial charge is 0.143 e. The van der Waals surface area contributed by atoms with E-state index in [0.717, 1.165) is 30.3 Å². The molecule has 1 saturated heterocycles. The lowest BCUT2D eigenvalue weighted by Crippen LogP contribution is -2.33. The van der Waals surface area contributed by atoms with E-state index < -0.39 is 5.82 Å². The molecule has 0 aromatic heterocycles. The van der Waals surface area contributed by atoms with Crippen LogP contribution in [0, 0.1) is 5.82 Å². The molecule has 0 atom stereocenters. The van der Waals surface area contributed by atoms with Gasteiger partial charge >= 0.3 is 0 Å². The molecule has 0 bridgehead atoms. The Kier molecular flexibility index (Phi) is 3.26. The summed E-state index contributed by atoms with van der Waals surface area (Å²) in [5.41, 5.74) is 7.08. The van der Waals surface area contributed by atoms with E-state index in [-0.39, 0.29) is 5.02 Å². The van der Waals surface area contributed by atoms with E-state index in [9.17, 15) is 4.39 Å². The summed E-state index contributed by atoms with van der Waals surface area (Å²) in [7, 11) is 0. The van der Waals surface area contributed by atoms with E-state index in [2.05, 4.69) is 4.90 Å². The molecule has 0 saturated carbocycles. The van der Waals surface area contributed by atoms with Crippen molar-refractivity contribution in [1.82, 2.24) is 0 Å². The van der Waals surface area contributed by atoms with Crippen molar-refractivity contribution >= 4 is 34.7 Å². The Morgan fingerprint density at radius 1 is 1.33 bits per heavy atom. The molecular weight excluding hydrogens is 235 g/mol. The molecule has 1 aromatic carbocycles. The van der Waals surface area contributed by atoms with E-state index >= 15 is 0 Å². The van der Waals surface area contributed by atoms with Crippen LogP contribution < -0.4 is 10.6 Å². The van der Waals surface area contributed by atoms with Crippen LogP contribution in [0.25, 0.3) is 0 Å². The van der Waals surface area contributed by atoms with Crippen LogP contribution in [0.3, 0.4) is 0 Å². The van der Waals surface area contributed by atoms with Gasteiger partial charge in [-0.25, -0.2) is 4.39 Å². The third-order valence-electron chi connectivity index (χ3n) is 2.42. The van der Waals surface area contributed by atoms with E-state index in [4.69, 9.17) is 17.3 Å². The molecule has 15 heavy (non-hydrogen) atoms. The van der Waals surface area contributed by atoms with Crippen molar-refractivity contribution in [2.45, 2.75) is 0 Å². The van der Waals surface area contributed by atoms with Crippen LogP contribution in [0.1, 0.15) is 0 Å². The summed E-state index contributed by atoms with van der Waals surface area (Å²) >= 11 is 7.66. The molecule has 0 radical (unpaired) electrons. The van der Waals surface area contributed by atoms with E-state index in [0.29, 0.717) is 5.69 Å². The zero-order valence-electron chi connectivity index (χ0n) is 8.17. The van der Waals surface area contributed by atoms with Crippen LogP contribution in [0.5, 0.6) is 0 Å². The number of thioether (sulfide) groups is 1. The molecule has 5 heteroatoms. The van der Waals surface area contributed by atoms with Crippen LogP contribution in [0.2, 0.25) is 5.02 Å². The highest BCUT2D eigenvalue weighted by molar-refractivity contribution is 7.99. The standard InChI is InChI=1S/C10H12ClFN2S/c11-7-5-10(9(13)6-8(7)12)14-1-3-15-4-2-14/h5-6H,1-4,13H2. The van der Waals surface area contributed by atoms with Gasteiger partial charge in [-0.1, -0.05) is 11.6 Å². The van der Waals surface area contributed by atoms with Gasteiger partial charge in [0.05, 0.1) is 16.4 Å². The first kappa shape index (κ1) is 10.9. The molecule has 1 aliphatic heterocycles. The van der Waals surface area contributed by atoms with Crippen molar-refractivity contribution in [3.8, 4) is 0 Å². The zero-order valence-corrected chi connectivity index (χ0v) is 9.74. The van der Waals surface area contributed by atoms with Crippen molar-refractivity contribution in [1.29, 1.82) is 0 Å². The Morgan fingerprint density at radius 2 is 2.00 bits per heavy atom. The monoisotopic (exact) mass is 246 g/mol.